The zero-order valence-corrected chi connectivity index (χ0v) is 6.66. The maximum absolute atomic E-state index is 11.2. The topological polar surface area (TPSA) is 22.0 Å². The molecule has 0 aromatic carbocycles. The van der Waals surface area contributed by atoms with Crippen molar-refractivity contribution in [2.75, 3.05) is 0 Å². The molecular weight excluding hydrogens is 138 g/mol. The first-order chi connectivity index (χ1) is 6.32. The van der Waals surface area contributed by atoms with Crippen LogP contribution in [-0.2, 0) is 6.98 Å². The molecule has 0 bridgehead atoms. The quantitative estimate of drug-likeness (QED) is 0.601. The average molecular weight is 154 g/mol. The van der Waals surface area contributed by atoms with Gasteiger partial charge in [0.2, 0.25) is 5.56 Å². The van der Waals surface area contributed by atoms with Gasteiger partial charge in [0.25, 0.3) is 0 Å². The second-order valence-corrected chi connectivity index (χ2v) is 2.83. The fourth-order valence-corrected chi connectivity index (χ4v) is 0.845. The summed E-state index contributed by atoms with van der Waals surface area (Å²) in [6.07, 6.45) is 1.40. The standard InChI is InChI=1S/C9H13NO/c1-7(2)8-4-5-9(11)10(3)6-8/h4-7H,1-3H3/i3D3. The summed E-state index contributed by atoms with van der Waals surface area (Å²) in [6, 6.07) is 2.96. The minimum atomic E-state index is -2.39. The Morgan fingerprint density at radius 3 is 2.82 bits per heavy atom. The molecule has 0 atom stereocenters. The van der Waals surface area contributed by atoms with E-state index in [1.807, 2.05) is 13.8 Å². The Morgan fingerprint density at radius 1 is 1.55 bits per heavy atom. The highest BCUT2D eigenvalue weighted by atomic mass is 16.1. The van der Waals surface area contributed by atoms with Crippen LogP contribution in [0.25, 0.3) is 0 Å². The Morgan fingerprint density at radius 2 is 2.27 bits per heavy atom. The predicted molar refractivity (Wildman–Crippen MR) is 45.8 cm³/mol. The van der Waals surface area contributed by atoms with E-state index in [0.717, 1.165) is 10.1 Å². The Balaban J connectivity index is 3.30. The van der Waals surface area contributed by atoms with E-state index in [9.17, 15) is 4.79 Å². The molecule has 60 valence electrons. The molecule has 1 rings (SSSR count). The Labute approximate surface area is 70.7 Å². The van der Waals surface area contributed by atoms with Crippen LogP contribution >= 0.6 is 0 Å². The van der Waals surface area contributed by atoms with E-state index in [2.05, 4.69) is 0 Å². The van der Waals surface area contributed by atoms with Crippen LogP contribution in [0.2, 0.25) is 0 Å². The van der Waals surface area contributed by atoms with E-state index in [-0.39, 0.29) is 5.92 Å². The fourth-order valence-electron chi connectivity index (χ4n) is 0.845. The third-order valence-electron chi connectivity index (χ3n) is 1.60. The van der Waals surface area contributed by atoms with Crippen molar-refractivity contribution in [2.45, 2.75) is 19.8 Å². The van der Waals surface area contributed by atoms with Crippen molar-refractivity contribution in [1.29, 1.82) is 0 Å². The lowest BCUT2D eigenvalue weighted by atomic mass is 10.1. The Hall–Kier alpha value is -1.05. The van der Waals surface area contributed by atoms with E-state index in [0.29, 0.717) is 0 Å². The lowest BCUT2D eigenvalue weighted by molar-refractivity contribution is 0.794. The van der Waals surface area contributed by atoms with Crippen LogP contribution in [0.15, 0.2) is 23.1 Å². The lowest BCUT2D eigenvalue weighted by Gasteiger charge is -2.05. The molecule has 0 fully saturated rings. The van der Waals surface area contributed by atoms with Crippen LogP contribution in [0.4, 0.5) is 0 Å². The molecule has 0 spiro atoms. The number of hydrogen-bond donors (Lipinski definition) is 0. The molecule has 1 aromatic heterocycles. The smallest absolute Gasteiger partial charge is 0.250 e. The van der Waals surface area contributed by atoms with Crippen LogP contribution < -0.4 is 5.56 Å². The first kappa shape index (κ1) is 4.75. The number of aryl methyl sites for hydroxylation is 1. The molecule has 0 aliphatic carbocycles. The number of aromatic nitrogens is 1. The highest BCUT2D eigenvalue weighted by Crippen LogP contribution is 2.10. The summed E-state index contributed by atoms with van der Waals surface area (Å²) in [5.74, 6) is 0.212. The molecule has 0 N–H and O–H groups in total. The van der Waals surface area contributed by atoms with Gasteiger partial charge in [-0.2, -0.15) is 0 Å². The Bertz CT molecular complexity index is 378. The van der Waals surface area contributed by atoms with Crippen molar-refractivity contribution in [2.24, 2.45) is 6.98 Å². The second kappa shape index (κ2) is 2.91. The molecule has 1 heterocycles. The van der Waals surface area contributed by atoms with Crippen LogP contribution in [-0.4, -0.2) is 4.57 Å². The molecule has 11 heavy (non-hydrogen) atoms. The summed E-state index contributed by atoms with van der Waals surface area (Å²) >= 11 is 0. The lowest BCUT2D eigenvalue weighted by Crippen LogP contribution is -2.15. The Kier molecular flexibility index (Phi) is 1.26. The molecule has 0 amide bonds. The van der Waals surface area contributed by atoms with Gasteiger partial charge in [-0.15, -0.1) is 0 Å². The largest absolute Gasteiger partial charge is 0.318 e. The normalized spacial score (nSPS) is 15.7. The maximum Gasteiger partial charge on any atom is 0.250 e. The first-order valence-electron chi connectivity index (χ1n) is 5.05. The molecular formula is C9H13NO. The summed E-state index contributed by atoms with van der Waals surface area (Å²) in [5, 5.41) is 0. The molecule has 1 aromatic rings. The van der Waals surface area contributed by atoms with E-state index in [4.69, 9.17) is 4.11 Å². The van der Waals surface area contributed by atoms with Gasteiger partial charge in [-0.1, -0.05) is 19.9 Å². The van der Waals surface area contributed by atoms with E-state index in [1.165, 1.54) is 12.3 Å². The predicted octanol–water partition coefficient (Wildman–Crippen LogP) is 1.51. The molecule has 0 saturated carbocycles. The molecule has 2 heteroatoms. The van der Waals surface area contributed by atoms with Gasteiger partial charge >= 0.3 is 0 Å². The summed E-state index contributed by atoms with van der Waals surface area (Å²) in [4.78, 5) is 11.2. The van der Waals surface area contributed by atoms with Gasteiger partial charge in [-0.3, -0.25) is 4.79 Å². The summed E-state index contributed by atoms with van der Waals surface area (Å²) < 4.78 is 22.2. The first-order valence-corrected chi connectivity index (χ1v) is 3.55. The molecule has 0 saturated heterocycles. The summed E-state index contributed by atoms with van der Waals surface area (Å²) in [6.45, 7) is 1.51. The van der Waals surface area contributed by atoms with E-state index >= 15 is 0 Å². The number of hydrogen-bond acceptors (Lipinski definition) is 1. The molecule has 0 aliphatic rings. The van der Waals surface area contributed by atoms with Crippen molar-refractivity contribution < 1.29 is 4.11 Å². The van der Waals surface area contributed by atoms with Crippen molar-refractivity contribution in [3.63, 3.8) is 0 Å². The zero-order chi connectivity index (χ0) is 10.9. The van der Waals surface area contributed by atoms with E-state index in [1.54, 1.807) is 6.07 Å². The number of nitrogens with zero attached hydrogens (tertiary/aromatic N) is 1. The minimum absolute atomic E-state index is 0.212. The van der Waals surface area contributed by atoms with Crippen LogP contribution in [0.1, 0.15) is 29.4 Å². The van der Waals surface area contributed by atoms with E-state index < -0.39 is 12.5 Å². The van der Waals surface area contributed by atoms with Crippen molar-refractivity contribution in [3.05, 3.63) is 34.2 Å². The molecule has 0 unspecified atom stereocenters. The SMILES string of the molecule is [2H]C([2H])([2H])n1cc(C(C)C)ccc1=O. The highest BCUT2D eigenvalue weighted by Gasteiger charge is 1.98. The van der Waals surface area contributed by atoms with Crippen LogP contribution in [0.3, 0.4) is 0 Å². The third-order valence-corrected chi connectivity index (χ3v) is 1.60. The van der Waals surface area contributed by atoms with Gasteiger partial charge in [0.1, 0.15) is 0 Å². The zero-order valence-electron chi connectivity index (χ0n) is 9.66. The van der Waals surface area contributed by atoms with Gasteiger partial charge in [0, 0.05) is 23.4 Å². The number of rotatable bonds is 1. The van der Waals surface area contributed by atoms with Gasteiger partial charge in [0.05, 0.1) is 0 Å². The molecule has 2 nitrogen and oxygen atoms in total. The minimum Gasteiger partial charge on any atom is -0.318 e. The highest BCUT2D eigenvalue weighted by molar-refractivity contribution is 5.13. The summed E-state index contributed by atoms with van der Waals surface area (Å²) in [7, 11) is 0. The summed E-state index contributed by atoms with van der Waals surface area (Å²) in [5.41, 5.74) is 0.357. The molecule has 0 aliphatic heterocycles. The van der Waals surface area contributed by atoms with Gasteiger partial charge < -0.3 is 4.57 Å². The van der Waals surface area contributed by atoms with Gasteiger partial charge in [-0.05, 0) is 11.5 Å². The van der Waals surface area contributed by atoms with Crippen molar-refractivity contribution >= 4 is 0 Å². The number of pyridine rings is 1. The average Bonchev–Trinajstić information content (AvgIpc) is 2.02. The third kappa shape index (κ3) is 1.70. The van der Waals surface area contributed by atoms with Crippen molar-refractivity contribution in [3.8, 4) is 0 Å². The van der Waals surface area contributed by atoms with Crippen LogP contribution in [0.5, 0.6) is 0 Å². The monoisotopic (exact) mass is 154 g/mol. The molecule has 0 radical (unpaired) electrons. The van der Waals surface area contributed by atoms with Crippen LogP contribution in [0, 0.1) is 0 Å². The fraction of sp³-hybridized carbons (Fsp3) is 0.444. The maximum atomic E-state index is 11.2. The van der Waals surface area contributed by atoms with Crippen molar-refractivity contribution in [1.82, 2.24) is 4.57 Å². The second-order valence-electron chi connectivity index (χ2n) is 2.83. The van der Waals surface area contributed by atoms with Gasteiger partial charge in [0.15, 0.2) is 0 Å². The van der Waals surface area contributed by atoms with Gasteiger partial charge in [-0.25, -0.2) is 0 Å².